The van der Waals surface area contributed by atoms with Crippen LogP contribution in [-0.2, 0) is 0 Å². The van der Waals surface area contributed by atoms with E-state index in [0.29, 0.717) is 0 Å². The fraction of sp³-hybridized carbons (Fsp3) is 0.500. The molecule has 0 heterocycles. The molecule has 0 atom stereocenters. The van der Waals surface area contributed by atoms with E-state index in [4.69, 9.17) is 5.11 Å². The zero-order valence-corrected chi connectivity index (χ0v) is 7.16. The molecular formula is C10H17O. The number of unbranched alkanes of at least 4 members (excludes halogenated alkanes) is 3. The first-order valence-electron chi connectivity index (χ1n) is 4.21. The standard InChI is InChI=1S/C10H17O/c1-2-3-4-5-6-7-8-9-10-11/h6-11H,2-5H2,1H3. The maximum absolute atomic E-state index is 8.26. The Bertz CT molecular complexity index is 114. The predicted octanol–water partition coefficient (Wildman–Crippen LogP) is 3.21. The van der Waals surface area contributed by atoms with Gasteiger partial charge >= 0.3 is 0 Å². The van der Waals surface area contributed by atoms with Crippen molar-refractivity contribution in [1.29, 1.82) is 0 Å². The molecule has 1 nitrogen and oxygen atoms in total. The van der Waals surface area contributed by atoms with Crippen molar-refractivity contribution in [2.75, 3.05) is 0 Å². The molecule has 0 rings (SSSR count). The van der Waals surface area contributed by atoms with Gasteiger partial charge in [0.05, 0.1) is 0 Å². The van der Waals surface area contributed by atoms with Crippen LogP contribution in [-0.4, -0.2) is 5.11 Å². The lowest BCUT2D eigenvalue weighted by Gasteiger charge is -1.89. The molecule has 0 unspecified atom stereocenters. The highest BCUT2D eigenvalue weighted by Gasteiger charge is 1.79. The van der Waals surface area contributed by atoms with Gasteiger partial charge in [-0.1, -0.05) is 44.1 Å². The third kappa shape index (κ3) is 9.44. The fourth-order valence-corrected chi connectivity index (χ4v) is 0.801. The van der Waals surface area contributed by atoms with Crippen LogP contribution in [0.25, 0.3) is 0 Å². The molecule has 0 aromatic carbocycles. The SMILES string of the molecule is CCCCCC=CC=C[CH]O. The summed E-state index contributed by atoms with van der Waals surface area (Å²) in [6.45, 7) is 3.24. The molecule has 0 aliphatic heterocycles. The van der Waals surface area contributed by atoms with E-state index >= 15 is 0 Å². The Morgan fingerprint density at radius 1 is 1.09 bits per heavy atom. The van der Waals surface area contributed by atoms with E-state index < -0.39 is 0 Å². The Balaban J connectivity index is 3.09. The predicted molar refractivity (Wildman–Crippen MR) is 48.7 cm³/mol. The minimum absolute atomic E-state index is 1.04. The highest BCUT2D eigenvalue weighted by molar-refractivity contribution is 5.04. The highest BCUT2D eigenvalue weighted by Crippen LogP contribution is 1.99. The zero-order chi connectivity index (χ0) is 8.36. The summed E-state index contributed by atoms with van der Waals surface area (Å²) in [5, 5.41) is 8.26. The maximum Gasteiger partial charge on any atom is 0.102 e. The van der Waals surface area contributed by atoms with Crippen LogP contribution in [0.1, 0.15) is 32.6 Å². The van der Waals surface area contributed by atoms with Gasteiger partial charge in [-0.05, 0) is 12.8 Å². The van der Waals surface area contributed by atoms with E-state index in [1.165, 1.54) is 19.3 Å². The van der Waals surface area contributed by atoms with Crippen LogP contribution in [0.5, 0.6) is 0 Å². The van der Waals surface area contributed by atoms with Crippen LogP contribution >= 0.6 is 0 Å². The average Bonchev–Trinajstić information content (AvgIpc) is 2.03. The van der Waals surface area contributed by atoms with Crippen molar-refractivity contribution in [2.24, 2.45) is 0 Å². The lowest BCUT2D eigenvalue weighted by atomic mass is 10.2. The summed E-state index contributed by atoms with van der Waals surface area (Å²) < 4.78 is 0. The first-order valence-corrected chi connectivity index (χ1v) is 4.21. The summed E-state index contributed by atoms with van der Waals surface area (Å²) in [5.41, 5.74) is 0. The minimum atomic E-state index is 1.04. The average molecular weight is 153 g/mol. The Kier molecular flexibility index (Phi) is 8.96. The van der Waals surface area contributed by atoms with Crippen molar-refractivity contribution in [3.8, 4) is 0 Å². The molecule has 0 fully saturated rings. The van der Waals surface area contributed by atoms with Crippen molar-refractivity contribution < 1.29 is 5.11 Å². The monoisotopic (exact) mass is 153 g/mol. The Morgan fingerprint density at radius 3 is 2.55 bits per heavy atom. The van der Waals surface area contributed by atoms with Crippen LogP contribution in [0, 0.1) is 6.61 Å². The van der Waals surface area contributed by atoms with E-state index in [1.807, 2.05) is 12.2 Å². The summed E-state index contributed by atoms with van der Waals surface area (Å²) in [5.74, 6) is 0. The fourth-order valence-electron chi connectivity index (χ4n) is 0.801. The summed E-state index contributed by atoms with van der Waals surface area (Å²) in [6, 6.07) is 0. The van der Waals surface area contributed by atoms with Gasteiger partial charge in [0.2, 0.25) is 0 Å². The van der Waals surface area contributed by atoms with Crippen LogP contribution in [0.3, 0.4) is 0 Å². The van der Waals surface area contributed by atoms with Gasteiger partial charge in [-0.15, -0.1) is 0 Å². The van der Waals surface area contributed by atoms with Gasteiger partial charge < -0.3 is 5.11 Å². The quantitative estimate of drug-likeness (QED) is 0.459. The normalized spacial score (nSPS) is 11.8. The molecule has 1 radical (unpaired) electrons. The summed E-state index contributed by atoms with van der Waals surface area (Å²) in [6.07, 6.45) is 12.5. The topological polar surface area (TPSA) is 20.2 Å². The summed E-state index contributed by atoms with van der Waals surface area (Å²) in [4.78, 5) is 0. The largest absolute Gasteiger partial charge is 0.386 e. The van der Waals surface area contributed by atoms with Crippen LogP contribution < -0.4 is 0 Å². The van der Waals surface area contributed by atoms with Crippen molar-refractivity contribution in [3.63, 3.8) is 0 Å². The molecule has 0 aromatic heterocycles. The smallest absolute Gasteiger partial charge is 0.102 e. The first kappa shape index (κ1) is 10.4. The van der Waals surface area contributed by atoms with E-state index in [2.05, 4.69) is 13.0 Å². The summed E-state index contributed by atoms with van der Waals surface area (Å²) >= 11 is 0. The van der Waals surface area contributed by atoms with Gasteiger partial charge in [-0.25, -0.2) is 0 Å². The second-order valence-electron chi connectivity index (χ2n) is 2.46. The van der Waals surface area contributed by atoms with Crippen molar-refractivity contribution >= 4 is 0 Å². The van der Waals surface area contributed by atoms with Gasteiger partial charge in [0, 0.05) is 0 Å². The number of hydrogen-bond acceptors (Lipinski definition) is 1. The molecule has 0 aromatic rings. The molecule has 11 heavy (non-hydrogen) atoms. The molecule has 0 bridgehead atoms. The number of rotatable bonds is 6. The number of hydrogen-bond donors (Lipinski definition) is 1. The lowest BCUT2D eigenvalue weighted by Crippen LogP contribution is -1.69. The molecule has 0 saturated carbocycles. The van der Waals surface area contributed by atoms with E-state index in [1.54, 1.807) is 6.08 Å². The molecule has 1 heteroatoms. The van der Waals surface area contributed by atoms with Gasteiger partial charge in [-0.3, -0.25) is 0 Å². The molecule has 0 saturated heterocycles. The number of allylic oxidation sites excluding steroid dienone is 3. The van der Waals surface area contributed by atoms with Crippen molar-refractivity contribution in [1.82, 2.24) is 0 Å². The van der Waals surface area contributed by atoms with Gasteiger partial charge in [-0.2, -0.15) is 0 Å². The molecule has 0 amide bonds. The van der Waals surface area contributed by atoms with Gasteiger partial charge in [0.1, 0.15) is 6.61 Å². The van der Waals surface area contributed by atoms with Crippen LogP contribution in [0.4, 0.5) is 0 Å². The van der Waals surface area contributed by atoms with Crippen molar-refractivity contribution in [2.45, 2.75) is 32.6 Å². The molecule has 0 aliphatic rings. The molecular weight excluding hydrogens is 136 g/mol. The molecule has 0 aliphatic carbocycles. The molecule has 63 valence electrons. The van der Waals surface area contributed by atoms with E-state index in [0.717, 1.165) is 13.0 Å². The third-order valence-electron chi connectivity index (χ3n) is 1.42. The minimum Gasteiger partial charge on any atom is -0.386 e. The molecule has 1 N–H and O–H groups in total. The first-order chi connectivity index (χ1) is 5.41. The van der Waals surface area contributed by atoms with Crippen LogP contribution in [0.15, 0.2) is 24.3 Å². The maximum atomic E-state index is 8.26. The lowest BCUT2D eigenvalue weighted by molar-refractivity contribution is 0.421. The Hall–Kier alpha value is -0.560. The third-order valence-corrected chi connectivity index (χ3v) is 1.42. The highest BCUT2D eigenvalue weighted by atomic mass is 16.2. The van der Waals surface area contributed by atoms with Crippen molar-refractivity contribution in [3.05, 3.63) is 30.9 Å². The zero-order valence-electron chi connectivity index (χ0n) is 7.16. The second kappa shape index (κ2) is 9.44. The Morgan fingerprint density at radius 2 is 1.91 bits per heavy atom. The van der Waals surface area contributed by atoms with Gasteiger partial charge in [0.15, 0.2) is 0 Å². The molecule has 0 spiro atoms. The number of aliphatic hydroxyl groups excluding tert-OH is 1. The Labute approximate surface area is 69.4 Å². The van der Waals surface area contributed by atoms with E-state index in [9.17, 15) is 0 Å². The second-order valence-corrected chi connectivity index (χ2v) is 2.46. The van der Waals surface area contributed by atoms with Gasteiger partial charge in [0.25, 0.3) is 0 Å². The summed E-state index contributed by atoms with van der Waals surface area (Å²) in [7, 11) is 0. The number of aliphatic hydroxyl groups is 1. The van der Waals surface area contributed by atoms with Crippen LogP contribution in [0.2, 0.25) is 0 Å². The van der Waals surface area contributed by atoms with E-state index in [-0.39, 0.29) is 0 Å².